The third-order valence-electron chi connectivity index (χ3n) is 3.70. The summed E-state index contributed by atoms with van der Waals surface area (Å²) in [6, 6.07) is 6.50. The molecular formula is C16H15F3N4OS. The molecule has 2 aromatic rings. The van der Waals surface area contributed by atoms with E-state index in [1.807, 2.05) is 13.8 Å². The normalized spacial score (nSPS) is 19.6. The molecule has 2 heterocycles. The number of benzene rings is 1. The van der Waals surface area contributed by atoms with Gasteiger partial charge < -0.3 is 10.6 Å². The van der Waals surface area contributed by atoms with Crippen molar-refractivity contribution in [3.05, 3.63) is 47.8 Å². The summed E-state index contributed by atoms with van der Waals surface area (Å²) in [7, 11) is 0. The Morgan fingerprint density at radius 1 is 1.28 bits per heavy atom. The lowest BCUT2D eigenvalue weighted by Gasteiger charge is -2.24. The number of nitrogens with zero attached hydrogens (tertiary/aromatic N) is 2. The second-order valence-corrected chi connectivity index (χ2v) is 7.22. The average molecular weight is 368 g/mol. The number of alkyl halides is 3. The fourth-order valence-corrected chi connectivity index (χ4v) is 3.67. The van der Waals surface area contributed by atoms with Crippen molar-refractivity contribution in [1.82, 2.24) is 15.3 Å². The van der Waals surface area contributed by atoms with Crippen molar-refractivity contribution in [2.24, 2.45) is 0 Å². The number of nitrogens with one attached hydrogen (secondary N) is 2. The molecule has 1 aromatic heterocycles. The summed E-state index contributed by atoms with van der Waals surface area (Å²) in [5, 5.41) is 5.28. The summed E-state index contributed by atoms with van der Waals surface area (Å²) < 4.78 is 38.4. The van der Waals surface area contributed by atoms with Gasteiger partial charge in [-0.3, -0.25) is 4.79 Å². The zero-order valence-electron chi connectivity index (χ0n) is 13.4. The van der Waals surface area contributed by atoms with E-state index in [4.69, 9.17) is 0 Å². The van der Waals surface area contributed by atoms with Gasteiger partial charge in [-0.15, -0.1) is 0 Å². The summed E-state index contributed by atoms with van der Waals surface area (Å²) in [5.74, 6) is 0.174. The molecule has 3 rings (SSSR count). The van der Waals surface area contributed by atoms with Gasteiger partial charge in [0.25, 0.3) is 5.24 Å². The predicted octanol–water partition coefficient (Wildman–Crippen LogP) is 4.52. The van der Waals surface area contributed by atoms with Crippen LogP contribution in [-0.4, -0.2) is 20.7 Å². The van der Waals surface area contributed by atoms with Gasteiger partial charge in [0.15, 0.2) is 0 Å². The Morgan fingerprint density at radius 3 is 2.68 bits per heavy atom. The molecule has 0 saturated carbocycles. The van der Waals surface area contributed by atoms with Crippen LogP contribution in [0.5, 0.6) is 0 Å². The van der Waals surface area contributed by atoms with Gasteiger partial charge in [0, 0.05) is 11.9 Å². The van der Waals surface area contributed by atoms with E-state index in [1.165, 1.54) is 18.3 Å². The molecule has 132 valence electrons. The summed E-state index contributed by atoms with van der Waals surface area (Å²) in [4.78, 5) is 20.0. The van der Waals surface area contributed by atoms with E-state index in [1.54, 1.807) is 6.07 Å². The Kier molecular flexibility index (Phi) is 4.36. The number of hydrogen-bond acceptors (Lipinski definition) is 5. The minimum absolute atomic E-state index is 0.138. The van der Waals surface area contributed by atoms with Crippen molar-refractivity contribution < 1.29 is 18.0 Å². The van der Waals surface area contributed by atoms with Crippen molar-refractivity contribution in [2.45, 2.75) is 30.8 Å². The van der Waals surface area contributed by atoms with Crippen LogP contribution in [0.3, 0.4) is 0 Å². The van der Waals surface area contributed by atoms with E-state index in [0.29, 0.717) is 5.69 Å². The molecule has 9 heteroatoms. The Balaban J connectivity index is 1.85. The molecule has 0 radical (unpaired) electrons. The first-order chi connectivity index (χ1) is 11.6. The van der Waals surface area contributed by atoms with Crippen LogP contribution < -0.4 is 10.6 Å². The zero-order valence-corrected chi connectivity index (χ0v) is 14.2. The maximum atomic E-state index is 12.8. The van der Waals surface area contributed by atoms with E-state index >= 15 is 0 Å². The fourth-order valence-electron chi connectivity index (χ4n) is 2.52. The van der Waals surface area contributed by atoms with Gasteiger partial charge in [0.1, 0.15) is 0 Å². The second kappa shape index (κ2) is 6.21. The number of aromatic nitrogens is 2. The Morgan fingerprint density at radius 2 is 2.04 bits per heavy atom. The summed E-state index contributed by atoms with van der Waals surface area (Å²) in [5.41, 5.74) is -0.378. The van der Waals surface area contributed by atoms with Crippen LogP contribution in [-0.2, 0) is 6.18 Å². The minimum atomic E-state index is -4.42. The highest BCUT2D eigenvalue weighted by Gasteiger charge is 2.42. The quantitative estimate of drug-likeness (QED) is 0.834. The lowest BCUT2D eigenvalue weighted by Crippen LogP contribution is -2.38. The highest BCUT2D eigenvalue weighted by Crippen LogP contribution is 2.43. The topological polar surface area (TPSA) is 66.9 Å². The standard InChI is InChI=1S/C16H15F3N4OS/c1-15(2)12(25-14(24)23-15)11-6-7-20-13(22-11)21-10-5-3-4-9(8-10)16(17,18)19/h3-8,12H,1-2H3,(H,23,24)(H,20,21,22). The molecule has 1 aliphatic rings. The Bertz CT molecular complexity index is 810. The number of anilines is 2. The Hall–Kier alpha value is -2.29. The van der Waals surface area contributed by atoms with Crippen molar-refractivity contribution in [2.75, 3.05) is 5.32 Å². The third-order valence-corrected chi connectivity index (χ3v) is 5.08. The average Bonchev–Trinajstić information content (AvgIpc) is 2.79. The predicted molar refractivity (Wildman–Crippen MR) is 89.7 cm³/mol. The molecule has 1 atom stereocenters. The molecule has 0 spiro atoms. The SMILES string of the molecule is CC1(C)NC(=O)SC1c1ccnc(Nc2cccc(C(F)(F)F)c2)n1. The van der Waals surface area contributed by atoms with E-state index in [2.05, 4.69) is 20.6 Å². The first kappa shape index (κ1) is 17.5. The van der Waals surface area contributed by atoms with Crippen LogP contribution in [0.25, 0.3) is 0 Å². The smallest absolute Gasteiger partial charge is 0.341 e. The molecule has 1 amide bonds. The second-order valence-electron chi connectivity index (χ2n) is 6.14. The number of carbonyl (C=O) groups excluding carboxylic acids is 1. The molecule has 1 unspecified atom stereocenters. The van der Waals surface area contributed by atoms with E-state index < -0.39 is 17.3 Å². The minimum Gasteiger partial charge on any atom is -0.341 e. The van der Waals surface area contributed by atoms with Gasteiger partial charge in [-0.2, -0.15) is 13.2 Å². The monoisotopic (exact) mass is 368 g/mol. The van der Waals surface area contributed by atoms with Crippen LogP contribution in [0.2, 0.25) is 0 Å². The Labute approximate surface area is 146 Å². The summed E-state index contributed by atoms with van der Waals surface area (Å²) >= 11 is 1.13. The number of amides is 1. The molecule has 5 nitrogen and oxygen atoms in total. The maximum Gasteiger partial charge on any atom is 0.416 e. The number of thioether (sulfide) groups is 1. The molecular weight excluding hydrogens is 353 g/mol. The number of carbonyl (C=O) groups is 1. The van der Waals surface area contributed by atoms with Gasteiger partial charge in [0.05, 0.1) is 22.0 Å². The summed E-state index contributed by atoms with van der Waals surface area (Å²) in [6.45, 7) is 3.77. The van der Waals surface area contributed by atoms with Crippen molar-refractivity contribution in [1.29, 1.82) is 0 Å². The van der Waals surface area contributed by atoms with Gasteiger partial charge in [-0.25, -0.2) is 9.97 Å². The van der Waals surface area contributed by atoms with Gasteiger partial charge in [-0.05, 0) is 38.1 Å². The van der Waals surface area contributed by atoms with Crippen molar-refractivity contribution in [3.8, 4) is 0 Å². The lowest BCUT2D eigenvalue weighted by atomic mass is 9.98. The van der Waals surface area contributed by atoms with Crippen LogP contribution in [0, 0.1) is 0 Å². The third kappa shape index (κ3) is 3.87. The van der Waals surface area contributed by atoms with Gasteiger partial charge >= 0.3 is 6.18 Å². The van der Waals surface area contributed by atoms with Crippen LogP contribution in [0.4, 0.5) is 29.6 Å². The summed E-state index contributed by atoms with van der Waals surface area (Å²) in [6.07, 6.45) is -2.91. The molecule has 2 N–H and O–H groups in total. The van der Waals surface area contributed by atoms with Crippen LogP contribution in [0.15, 0.2) is 36.5 Å². The first-order valence-corrected chi connectivity index (χ1v) is 8.29. The first-order valence-electron chi connectivity index (χ1n) is 7.41. The number of halogens is 3. The molecule has 0 bridgehead atoms. The number of hydrogen-bond donors (Lipinski definition) is 2. The lowest BCUT2D eigenvalue weighted by molar-refractivity contribution is -0.137. The van der Waals surface area contributed by atoms with Crippen molar-refractivity contribution in [3.63, 3.8) is 0 Å². The van der Waals surface area contributed by atoms with E-state index in [0.717, 1.165) is 23.9 Å². The van der Waals surface area contributed by atoms with Gasteiger partial charge in [0.2, 0.25) is 5.95 Å². The highest BCUT2D eigenvalue weighted by molar-refractivity contribution is 8.14. The zero-order chi connectivity index (χ0) is 18.2. The largest absolute Gasteiger partial charge is 0.416 e. The van der Waals surface area contributed by atoms with Crippen LogP contribution in [0.1, 0.15) is 30.4 Å². The van der Waals surface area contributed by atoms with E-state index in [-0.39, 0.29) is 22.1 Å². The maximum absolute atomic E-state index is 12.8. The fraction of sp³-hybridized carbons (Fsp3) is 0.312. The van der Waals surface area contributed by atoms with E-state index in [9.17, 15) is 18.0 Å². The molecule has 1 saturated heterocycles. The van der Waals surface area contributed by atoms with Crippen LogP contribution >= 0.6 is 11.8 Å². The van der Waals surface area contributed by atoms with Crippen molar-refractivity contribution >= 4 is 28.6 Å². The molecule has 25 heavy (non-hydrogen) atoms. The number of rotatable bonds is 3. The highest BCUT2D eigenvalue weighted by atomic mass is 32.2. The molecule has 1 aliphatic heterocycles. The molecule has 0 aliphatic carbocycles. The molecule has 1 aromatic carbocycles. The van der Waals surface area contributed by atoms with Gasteiger partial charge in [-0.1, -0.05) is 17.8 Å². The molecule has 1 fully saturated rings.